The number of amides is 1. The van der Waals surface area contributed by atoms with Gasteiger partial charge in [-0.3, -0.25) is 4.79 Å². The first-order valence-electron chi connectivity index (χ1n) is 8.09. The highest BCUT2D eigenvalue weighted by molar-refractivity contribution is 6.01. The van der Waals surface area contributed by atoms with E-state index in [1.165, 1.54) is 0 Å². The van der Waals surface area contributed by atoms with Crippen molar-refractivity contribution in [3.63, 3.8) is 0 Å². The normalized spacial score (nSPS) is 23.7. The number of para-hydroxylation sites is 2. The molecule has 2 aromatic rings. The highest BCUT2D eigenvalue weighted by Gasteiger charge is 2.51. The Morgan fingerprint density at radius 3 is 2.21 bits per heavy atom. The summed E-state index contributed by atoms with van der Waals surface area (Å²) in [5, 5.41) is 2.93. The molecule has 124 valence electrons. The standard InChI is InChI=1S/C20H22N2O2/c1-19(2)14-20(3,17(23)21-15-10-6-4-7-11-15)24-18(19)22-16-12-8-5-9-13-16/h4-13H,14H2,1-3H3,(H,21,23). The summed E-state index contributed by atoms with van der Waals surface area (Å²) in [6.07, 6.45) is 0.574. The number of carbonyl (C=O) groups is 1. The zero-order valence-electron chi connectivity index (χ0n) is 14.2. The lowest BCUT2D eigenvalue weighted by Gasteiger charge is -2.22. The summed E-state index contributed by atoms with van der Waals surface area (Å²) in [7, 11) is 0. The van der Waals surface area contributed by atoms with Gasteiger partial charge in [0.1, 0.15) is 0 Å². The topological polar surface area (TPSA) is 50.7 Å². The fourth-order valence-electron chi connectivity index (χ4n) is 3.01. The molecule has 1 amide bonds. The van der Waals surface area contributed by atoms with Crippen LogP contribution in [0, 0.1) is 5.41 Å². The Bertz CT molecular complexity index is 754. The molecule has 1 atom stereocenters. The molecule has 0 spiro atoms. The van der Waals surface area contributed by atoms with Crippen LogP contribution in [0.15, 0.2) is 65.7 Å². The first-order valence-corrected chi connectivity index (χ1v) is 8.09. The van der Waals surface area contributed by atoms with Crippen molar-refractivity contribution in [2.24, 2.45) is 10.4 Å². The third-order valence-corrected chi connectivity index (χ3v) is 4.18. The molecular weight excluding hydrogens is 300 g/mol. The fraction of sp³-hybridized carbons (Fsp3) is 0.300. The van der Waals surface area contributed by atoms with E-state index in [9.17, 15) is 4.79 Å². The number of aliphatic imine (C=N–C) groups is 1. The Balaban J connectivity index is 1.82. The monoisotopic (exact) mass is 322 g/mol. The summed E-state index contributed by atoms with van der Waals surface area (Å²) in [5.74, 6) is 0.444. The van der Waals surface area contributed by atoms with Crippen molar-refractivity contribution in [1.29, 1.82) is 0 Å². The number of hydrogen-bond donors (Lipinski definition) is 1. The molecule has 0 bridgehead atoms. The van der Waals surface area contributed by atoms with Gasteiger partial charge >= 0.3 is 0 Å². The summed E-state index contributed by atoms with van der Waals surface area (Å²) >= 11 is 0. The predicted octanol–water partition coefficient (Wildman–Crippen LogP) is 4.56. The van der Waals surface area contributed by atoms with Crippen LogP contribution in [0.25, 0.3) is 0 Å². The highest BCUT2D eigenvalue weighted by atomic mass is 16.5. The van der Waals surface area contributed by atoms with Gasteiger partial charge < -0.3 is 10.1 Å². The molecule has 24 heavy (non-hydrogen) atoms. The van der Waals surface area contributed by atoms with E-state index in [1.807, 2.05) is 67.6 Å². The SMILES string of the molecule is CC1(C)CC(C)(C(=O)Nc2ccccc2)OC1=Nc1ccccc1. The van der Waals surface area contributed by atoms with E-state index in [0.717, 1.165) is 11.4 Å². The molecular formula is C20H22N2O2. The molecule has 0 aromatic heterocycles. The predicted molar refractivity (Wildman–Crippen MR) is 96.5 cm³/mol. The van der Waals surface area contributed by atoms with Crippen LogP contribution in [0.4, 0.5) is 11.4 Å². The van der Waals surface area contributed by atoms with Crippen LogP contribution in [-0.4, -0.2) is 17.4 Å². The zero-order valence-corrected chi connectivity index (χ0v) is 14.2. The second-order valence-electron chi connectivity index (χ2n) is 6.97. The van der Waals surface area contributed by atoms with Crippen LogP contribution in [0.1, 0.15) is 27.2 Å². The van der Waals surface area contributed by atoms with Gasteiger partial charge in [-0.2, -0.15) is 0 Å². The summed E-state index contributed by atoms with van der Waals surface area (Å²) in [4.78, 5) is 17.3. The number of hydrogen-bond acceptors (Lipinski definition) is 3. The maximum atomic E-state index is 12.7. The average Bonchev–Trinajstić information content (AvgIpc) is 2.79. The second-order valence-corrected chi connectivity index (χ2v) is 6.97. The van der Waals surface area contributed by atoms with Crippen molar-refractivity contribution in [1.82, 2.24) is 0 Å². The summed E-state index contributed by atoms with van der Waals surface area (Å²) < 4.78 is 6.04. The molecule has 1 unspecified atom stereocenters. The lowest BCUT2D eigenvalue weighted by atomic mass is 9.84. The zero-order chi connectivity index (χ0) is 17.2. The van der Waals surface area contributed by atoms with Crippen LogP contribution < -0.4 is 5.32 Å². The summed E-state index contributed by atoms with van der Waals surface area (Å²) in [5.41, 5.74) is 0.345. The summed E-state index contributed by atoms with van der Waals surface area (Å²) in [6.45, 7) is 5.92. The Morgan fingerprint density at radius 1 is 1.00 bits per heavy atom. The van der Waals surface area contributed by atoms with Gasteiger partial charge in [-0.1, -0.05) is 50.2 Å². The van der Waals surface area contributed by atoms with E-state index in [0.29, 0.717) is 12.3 Å². The van der Waals surface area contributed by atoms with Gasteiger partial charge in [-0.05, 0) is 31.2 Å². The van der Waals surface area contributed by atoms with Crippen LogP contribution in [0.3, 0.4) is 0 Å². The Labute approximate surface area is 142 Å². The molecule has 4 nitrogen and oxygen atoms in total. The van der Waals surface area contributed by atoms with Crippen molar-refractivity contribution in [2.75, 3.05) is 5.32 Å². The molecule has 0 radical (unpaired) electrons. The van der Waals surface area contributed by atoms with Gasteiger partial charge in [0.15, 0.2) is 11.5 Å². The van der Waals surface area contributed by atoms with Gasteiger partial charge in [0.2, 0.25) is 0 Å². The Morgan fingerprint density at radius 2 is 1.58 bits per heavy atom. The van der Waals surface area contributed by atoms with E-state index >= 15 is 0 Å². The van der Waals surface area contributed by atoms with Crippen LogP contribution in [-0.2, 0) is 9.53 Å². The molecule has 1 aliphatic rings. The van der Waals surface area contributed by atoms with Gasteiger partial charge in [0, 0.05) is 17.5 Å². The highest BCUT2D eigenvalue weighted by Crippen LogP contribution is 2.42. The van der Waals surface area contributed by atoms with Gasteiger partial charge in [-0.25, -0.2) is 4.99 Å². The van der Waals surface area contributed by atoms with Crippen molar-refractivity contribution in [3.05, 3.63) is 60.7 Å². The van der Waals surface area contributed by atoms with Crippen LogP contribution >= 0.6 is 0 Å². The number of ether oxygens (including phenoxy) is 1. The number of benzene rings is 2. The molecule has 3 rings (SSSR count). The molecule has 1 saturated heterocycles. The van der Waals surface area contributed by atoms with E-state index in [4.69, 9.17) is 4.74 Å². The maximum absolute atomic E-state index is 12.7. The van der Waals surface area contributed by atoms with Crippen molar-refractivity contribution < 1.29 is 9.53 Å². The van der Waals surface area contributed by atoms with Gasteiger partial charge in [0.05, 0.1) is 5.69 Å². The smallest absolute Gasteiger partial charge is 0.268 e. The minimum atomic E-state index is -0.938. The average molecular weight is 322 g/mol. The van der Waals surface area contributed by atoms with Gasteiger partial charge in [0.25, 0.3) is 5.91 Å². The molecule has 0 saturated carbocycles. The first kappa shape index (κ1) is 16.2. The minimum absolute atomic E-state index is 0.153. The molecule has 4 heteroatoms. The third kappa shape index (κ3) is 3.32. The number of rotatable bonds is 3. The molecule has 1 aliphatic heterocycles. The first-order chi connectivity index (χ1) is 11.4. The molecule has 2 aromatic carbocycles. The number of carbonyl (C=O) groups excluding carboxylic acids is 1. The summed E-state index contributed by atoms with van der Waals surface area (Å²) in [6, 6.07) is 19.1. The van der Waals surface area contributed by atoms with Gasteiger partial charge in [-0.15, -0.1) is 0 Å². The Hall–Kier alpha value is -2.62. The van der Waals surface area contributed by atoms with Crippen molar-refractivity contribution in [2.45, 2.75) is 32.8 Å². The molecule has 0 aliphatic carbocycles. The number of nitrogens with one attached hydrogen (secondary N) is 1. The minimum Gasteiger partial charge on any atom is -0.464 e. The lowest BCUT2D eigenvalue weighted by Crippen LogP contribution is -2.40. The van der Waals surface area contributed by atoms with Crippen molar-refractivity contribution >= 4 is 23.2 Å². The number of anilines is 1. The van der Waals surface area contributed by atoms with E-state index in [1.54, 1.807) is 0 Å². The van der Waals surface area contributed by atoms with Crippen LogP contribution in [0.5, 0.6) is 0 Å². The number of nitrogens with zero attached hydrogens (tertiary/aromatic N) is 1. The van der Waals surface area contributed by atoms with E-state index in [2.05, 4.69) is 24.2 Å². The quantitative estimate of drug-likeness (QED) is 0.900. The molecule has 1 fully saturated rings. The second kappa shape index (κ2) is 6.11. The molecule has 1 heterocycles. The van der Waals surface area contributed by atoms with Crippen LogP contribution in [0.2, 0.25) is 0 Å². The van der Waals surface area contributed by atoms with Crippen molar-refractivity contribution in [3.8, 4) is 0 Å². The fourth-order valence-corrected chi connectivity index (χ4v) is 3.01. The van der Waals surface area contributed by atoms with E-state index in [-0.39, 0.29) is 11.3 Å². The Kier molecular flexibility index (Phi) is 4.14. The maximum Gasteiger partial charge on any atom is 0.268 e. The van der Waals surface area contributed by atoms with E-state index < -0.39 is 5.60 Å². The largest absolute Gasteiger partial charge is 0.464 e. The molecule has 1 N–H and O–H groups in total. The lowest BCUT2D eigenvalue weighted by molar-refractivity contribution is -0.129. The third-order valence-electron chi connectivity index (χ3n) is 4.18.